The van der Waals surface area contributed by atoms with Gasteiger partial charge in [-0.1, -0.05) is 55.0 Å². The summed E-state index contributed by atoms with van der Waals surface area (Å²) in [6.07, 6.45) is -21.0. The number of ketones is 2. The van der Waals surface area contributed by atoms with Gasteiger partial charge in [0, 0.05) is 103 Å². The Morgan fingerprint density at radius 1 is 0.359 bits per heavy atom. The summed E-state index contributed by atoms with van der Waals surface area (Å²) in [6.45, 7) is 23.0. The lowest BCUT2D eigenvalue weighted by atomic mass is 9.93. The molecule has 0 spiro atoms. The SMILES string of the molecule is CC(=O)OC[C@H]1O[C@@H](N=[N+]=[N-])C2OC(C)(C)O[C@@H]21.CC(=O)OC[C@H]1O[C@@H](N=[N+]=[N-])[C@H](OC(C)=O)[C@@H]1OC(C)=O.CC(=O)OC[C@H]1O[C@@H](OC(C)=O)[C@H](OC(C)=O)[C@@H]1OC(C)=O.CC1(C)OC2[C@H](N=[N+]=[N-])O[C@H](CC3C(=O)c4ccccc4C3=O)[C@H]2O1.CC1(C)OC2[C@H](N=[N+]=[N-])O[C@H](CN)[C@H]2O1.CC1(C)OC2[C@H](N=[N+]=[N-])O[C@H](CO)[C@H]2O1.[N-]=[N+]=N[C@@H]1O[C@H](CO)[C@@H](O)[C@H]1O. The highest BCUT2D eigenvalue weighted by atomic mass is 16.8. The van der Waals surface area contributed by atoms with Gasteiger partial charge in [-0.25, -0.2) is 0 Å². The number of esters is 8. The third-order valence-corrected chi connectivity index (χ3v) is 19.4. The van der Waals surface area contributed by atoms with Crippen molar-refractivity contribution in [1.82, 2.24) is 0 Å². The van der Waals surface area contributed by atoms with Gasteiger partial charge in [0.1, 0.15) is 111 Å². The molecule has 0 bridgehead atoms. The molecule has 128 heavy (non-hydrogen) atoms. The predicted octanol–water partition coefficient (Wildman–Crippen LogP) is 3.65. The van der Waals surface area contributed by atoms with Crippen LogP contribution in [0.1, 0.15) is 138 Å². The topological polar surface area (TPSA) is 782 Å². The van der Waals surface area contributed by atoms with Crippen LogP contribution in [0.25, 0.3) is 62.7 Å². The van der Waals surface area contributed by atoms with Crippen LogP contribution in [0, 0.1) is 5.92 Å². The van der Waals surface area contributed by atoms with Gasteiger partial charge in [-0.2, -0.15) is 0 Å². The van der Waals surface area contributed by atoms with Gasteiger partial charge in [0.2, 0.25) is 12.4 Å². The second-order valence-electron chi connectivity index (χ2n) is 30.9. The van der Waals surface area contributed by atoms with E-state index in [1.54, 1.807) is 65.8 Å². The smallest absolute Gasteiger partial charge is 0.305 e. The van der Waals surface area contributed by atoms with Crippen LogP contribution >= 0.6 is 0 Å². The van der Waals surface area contributed by atoms with E-state index >= 15 is 0 Å². The van der Waals surface area contributed by atoms with E-state index in [-0.39, 0.29) is 68.8 Å². The minimum atomic E-state index is -1.27. The molecular weight excluding hydrogens is 1720 g/mol. The van der Waals surface area contributed by atoms with Crippen LogP contribution in [0.2, 0.25) is 0 Å². The van der Waals surface area contributed by atoms with Crippen molar-refractivity contribution in [2.75, 3.05) is 39.6 Å². The number of nitrogens with zero attached hydrogens (tertiary/aromatic N) is 18. The van der Waals surface area contributed by atoms with Crippen molar-refractivity contribution in [2.45, 2.75) is 312 Å². The Morgan fingerprint density at radius 3 is 1.02 bits per heavy atom. The molecule has 11 saturated heterocycles. The molecule has 706 valence electrons. The number of carbonyl (C=O) groups excluding carboxylic acids is 10. The second kappa shape index (κ2) is 46.6. The minimum absolute atomic E-state index is 0.0490. The molecule has 11 heterocycles. The molecule has 56 nitrogen and oxygen atoms in total. The van der Waals surface area contributed by atoms with Gasteiger partial charge in [0.25, 0.3) is 0 Å². The summed E-state index contributed by atoms with van der Waals surface area (Å²) in [5.74, 6) is -9.04. The molecule has 0 radical (unpaired) electrons. The lowest BCUT2D eigenvalue weighted by Crippen LogP contribution is -2.42. The minimum Gasteiger partial charge on any atom is -0.463 e. The molecule has 0 aromatic heterocycles. The van der Waals surface area contributed by atoms with Crippen LogP contribution in [-0.4, -0.2) is 314 Å². The normalized spacial score (nSPS) is 34.5. The maximum atomic E-state index is 12.6. The molecule has 11 aliphatic heterocycles. The van der Waals surface area contributed by atoms with E-state index in [0.29, 0.717) is 17.7 Å². The van der Waals surface area contributed by atoms with Gasteiger partial charge in [-0.3, -0.25) is 47.9 Å². The van der Waals surface area contributed by atoms with Crippen LogP contribution in [0.5, 0.6) is 0 Å². The molecule has 1 aromatic carbocycles. The van der Waals surface area contributed by atoms with Gasteiger partial charge in [0.15, 0.2) is 90.4 Å². The molecule has 0 saturated carbocycles. The monoisotopic (exact) mass is 1820 g/mol. The third kappa shape index (κ3) is 28.2. The van der Waals surface area contributed by atoms with Gasteiger partial charge >= 0.3 is 47.8 Å². The van der Waals surface area contributed by atoms with Gasteiger partial charge < -0.3 is 135 Å². The molecule has 11 fully saturated rings. The maximum Gasteiger partial charge on any atom is 0.305 e. The van der Waals surface area contributed by atoms with Crippen LogP contribution < -0.4 is 5.73 Å². The zero-order valence-corrected chi connectivity index (χ0v) is 71.9. The number of rotatable bonds is 22. The van der Waals surface area contributed by atoms with Crippen molar-refractivity contribution in [3.63, 3.8) is 0 Å². The highest BCUT2D eigenvalue weighted by Gasteiger charge is 2.60. The van der Waals surface area contributed by atoms with Crippen LogP contribution in [0.3, 0.4) is 0 Å². The standard InChI is InChI=1S/C17H17N3O5.C13H18O9.C11H15N3O7.C10H15N3O5.C8H14N4O3.C8H13N3O4.C5H9N3O4/c1-17(2)24-14-11(23-16(19-20-18)15(14)25-17)7-10-12(21)8-5-3-4-6-9(8)13(10)22;1-6(14)18-5-10-11(19-7(2)15)12(20-8(3)16)13(22-10)21-9(4)17;1-5(15)18-4-8-9(19-6(2)16)10(20-7(3)17)11(21-8)13-14-12;1-5(14)15-4-6-7-8(9(16-6)12-13-11)18-10(2,3)17-7;1-8(2)14-5-4(3-9)13-7(11-12-10)6(5)15-8;1-8(2)14-5-4(3-12)13-7(10-11-9)6(5)15-8;6-8-7-5-4(11)3(10)2(1-9)12-5/h3-6,10-11,14-16H,7H2,1-2H3;10-13H,5H2,1-4H3;8-11H,4H2,1-3H3;6-9H,4H2,1-3H3;4-7H,3,9H2,1-2H3;4-7,12H,3H2,1-2H3;2-5,9-11H,1H2/t11-,14-,15?,16-;10-,11-,12-,13-;8-,9-,10-,11-;6-,7-,8?,9-;2*4-,5-,6?,7-;2-,3-,4-,5-/m1111111/s1. The number of hydrogen-bond donors (Lipinski definition) is 5. The van der Waals surface area contributed by atoms with E-state index in [1.165, 1.54) is 20.8 Å². The summed E-state index contributed by atoms with van der Waals surface area (Å²) in [6, 6.07) is 6.80. The second-order valence-corrected chi connectivity index (χ2v) is 30.9. The van der Waals surface area contributed by atoms with Gasteiger partial charge in [-0.15, -0.1) is 0 Å². The zero-order chi connectivity index (χ0) is 95.2. The summed E-state index contributed by atoms with van der Waals surface area (Å²) in [7, 11) is 0. The fourth-order valence-electron chi connectivity index (χ4n) is 14.7. The number of azide groups is 6. The van der Waals surface area contributed by atoms with E-state index in [0.717, 1.165) is 34.6 Å². The third-order valence-electron chi connectivity index (χ3n) is 19.4. The van der Waals surface area contributed by atoms with E-state index < -0.39 is 231 Å². The Kier molecular flexibility index (Phi) is 38.0. The van der Waals surface area contributed by atoms with Crippen LogP contribution in [-0.2, 0) is 147 Å². The van der Waals surface area contributed by atoms with Gasteiger partial charge in [-0.05, 0) is 95.0 Å². The molecular formula is C72H101N19O37. The molecule has 1 aromatic rings. The van der Waals surface area contributed by atoms with Gasteiger partial charge in [0.05, 0.1) is 31.3 Å². The first-order valence-corrected chi connectivity index (χ1v) is 39.2. The summed E-state index contributed by atoms with van der Waals surface area (Å²) < 4.78 is 122. The lowest BCUT2D eigenvalue weighted by Gasteiger charge is -2.23. The number of fused-ring (bicyclic) bond motifs is 5. The molecule has 0 amide bonds. The van der Waals surface area contributed by atoms with Crippen LogP contribution in [0.15, 0.2) is 55.0 Å². The van der Waals surface area contributed by atoms with Crippen molar-refractivity contribution < 1.29 is 177 Å². The summed E-state index contributed by atoms with van der Waals surface area (Å²) in [5.41, 5.74) is 56.9. The molecule has 56 heteroatoms. The first-order valence-electron chi connectivity index (χ1n) is 39.2. The van der Waals surface area contributed by atoms with E-state index in [4.69, 9.17) is 168 Å². The number of aliphatic hydroxyl groups excluding tert-OH is 4. The highest BCUT2D eigenvalue weighted by molar-refractivity contribution is 6.26. The fraction of sp³-hybridized carbons (Fsp3) is 0.778. The Bertz CT molecular complexity index is 4330. The Balaban J connectivity index is 0.000000207. The molecule has 12 aliphatic rings. The Morgan fingerprint density at radius 2 is 0.648 bits per heavy atom. The van der Waals surface area contributed by atoms with Crippen molar-refractivity contribution in [3.05, 3.63) is 98.0 Å². The Hall–Kier alpha value is -10.6. The number of benzene rings is 1. The number of Topliss-reactive ketones (excluding diaryl/α,β-unsaturated/α-hetero) is 2. The van der Waals surface area contributed by atoms with E-state index in [1.807, 2.05) is 13.8 Å². The number of nitrogens with two attached hydrogens (primary N) is 1. The number of ether oxygens (including phenoxy) is 23. The molecule has 13 rings (SSSR count). The number of carbonyl (C=O) groups is 10. The summed E-state index contributed by atoms with van der Waals surface area (Å²) >= 11 is 0. The van der Waals surface area contributed by atoms with Crippen molar-refractivity contribution in [2.24, 2.45) is 42.3 Å². The van der Waals surface area contributed by atoms with Crippen molar-refractivity contribution in [1.29, 1.82) is 0 Å². The molecule has 6 N–H and O–H groups in total. The van der Waals surface area contributed by atoms with Crippen LogP contribution in [0.4, 0.5) is 0 Å². The largest absolute Gasteiger partial charge is 0.463 e. The summed E-state index contributed by atoms with van der Waals surface area (Å²) in [5, 5.41) is 56.5. The molecule has 4 unspecified atom stereocenters. The quantitative estimate of drug-likeness (QED) is 0.0276. The zero-order valence-electron chi connectivity index (χ0n) is 71.9. The predicted molar refractivity (Wildman–Crippen MR) is 413 cm³/mol. The average Bonchev–Trinajstić information content (AvgIpc) is 1.61. The Labute approximate surface area is 726 Å². The number of aliphatic hydroxyl groups is 4. The fourth-order valence-corrected chi connectivity index (χ4v) is 14.7. The van der Waals surface area contributed by atoms with E-state index in [9.17, 15) is 47.9 Å². The van der Waals surface area contributed by atoms with Crippen molar-refractivity contribution >= 4 is 59.3 Å². The first kappa shape index (κ1) is 104. The molecule has 28 atom stereocenters. The highest BCUT2D eigenvalue weighted by Crippen LogP contribution is 2.45. The van der Waals surface area contributed by atoms with E-state index in [2.05, 4.69) is 60.2 Å². The maximum absolute atomic E-state index is 12.6. The average molecular weight is 1820 g/mol. The van der Waals surface area contributed by atoms with Crippen molar-refractivity contribution in [3.8, 4) is 0 Å². The number of hydrogen-bond acceptors (Lipinski definition) is 44. The first-order chi connectivity index (χ1) is 60.2. The molecule has 1 aliphatic carbocycles. The summed E-state index contributed by atoms with van der Waals surface area (Å²) in [4.78, 5) is 129. The lowest BCUT2D eigenvalue weighted by molar-refractivity contribution is -0.197.